The Morgan fingerprint density at radius 2 is 1.90 bits per heavy atom. The standard InChI is InChI=1S/C13H15N3O4S/c1-15(2)21(19,20)16-9-11(13(17)18)12(14-16)8-10-6-4-3-5-7-10/h3-7,9H,8H2,1-2H3,(H,17,18). The maximum atomic E-state index is 12.0. The van der Waals surface area contributed by atoms with Gasteiger partial charge in [-0.25, -0.2) is 4.79 Å². The Kier molecular flexibility index (Phi) is 4.10. The van der Waals surface area contributed by atoms with Gasteiger partial charge in [-0.05, 0) is 5.56 Å². The molecule has 1 aromatic carbocycles. The van der Waals surface area contributed by atoms with Gasteiger partial charge in [-0.15, -0.1) is 0 Å². The summed E-state index contributed by atoms with van der Waals surface area (Å²) in [6, 6.07) is 9.14. The topological polar surface area (TPSA) is 92.5 Å². The second-order valence-electron chi connectivity index (χ2n) is 4.62. The largest absolute Gasteiger partial charge is 0.478 e. The highest BCUT2D eigenvalue weighted by Crippen LogP contribution is 2.15. The molecule has 1 heterocycles. The van der Waals surface area contributed by atoms with Gasteiger partial charge in [-0.3, -0.25) is 0 Å². The van der Waals surface area contributed by atoms with Gasteiger partial charge in [0.2, 0.25) is 0 Å². The molecule has 0 fully saturated rings. The van der Waals surface area contributed by atoms with Gasteiger partial charge in [0, 0.05) is 20.5 Å². The number of carboxylic acid groups (broad SMARTS) is 1. The summed E-state index contributed by atoms with van der Waals surface area (Å²) in [6.07, 6.45) is 1.27. The highest BCUT2D eigenvalue weighted by atomic mass is 32.2. The fourth-order valence-corrected chi connectivity index (χ4v) is 2.55. The molecule has 0 unspecified atom stereocenters. The van der Waals surface area contributed by atoms with Crippen molar-refractivity contribution < 1.29 is 18.3 Å². The highest BCUT2D eigenvalue weighted by molar-refractivity contribution is 7.87. The molecular weight excluding hydrogens is 294 g/mol. The monoisotopic (exact) mass is 309 g/mol. The first kappa shape index (κ1) is 15.2. The van der Waals surface area contributed by atoms with E-state index in [4.69, 9.17) is 0 Å². The van der Waals surface area contributed by atoms with E-state index < -0.39 is 16.2 Å². The van der Waals surface area contributed by atoms with Crippen LogP contribution in [0.15, 0.2) is 36.5 Å². The molecule has 1 N–H and O–H groups in total. The summed E-state index contributed by atoms with van der Waals surface area (Å²) in [7, 11) is -1.12. The van der Waals surface area contributed by atoms with E-state index in [0.717, 1.165) is 16.1 Å². The van der Waals surface area contributed by atoms with Gasteiger partial charge < -0.3 is 5.11 Å². The third kappa shape index (κ3) is 3.11. The lowest BCUT2D eigenvalue weighted by Gasteiger charge is -2.10. The Bertz CT molecular complexity index is 751. The highest BCUT2D eigenvalue weighted by Gasteiger charge is 2.23. The molecule has 0 amide bonds. The number of carboxylic acids is 1. The van der Waals surface area contributed by atoms with Gasteiger partial charge in [-0.1, -0.05) is 30.3 Å². The van der Waals surface area contributed by atoms with Crippen LogP contribution in [0.4, 0.5) is 0 Å². The van der Waals surface area contributed by atoms with Crippen LogP contribution in [0.3, 0.4) is 0 Å². The van der Waals surface area contributed by atoms with E-state index in [-0.39, 0.29) is 17.7 Å². The first-order valence-electron chi connectivity index (χ1n) is 6.11. The van der Waals surface area contributed by atoms with E-state index in [1.807, 2.05) is 30.3 Å². The van der Waals surface area contributed by atoms with E-state index in [9.17, 15) is 18.3 Å². The fourth-order valence-electron chi connectivity index (χ4n) is 1.77. The fraction of sp³-hybridized carbons (Fsp3) is 0.231. The minimum atomic E-state index is -3.83. The quantitative estimate of drug-likeness (QED) is 0.883. The van der Waals surface area contributed by atoms with Gasteiger partial charge in [0.25, 0.3) is 0 Å². The molecule has 1 aromatic heterocycles. The lowest BCUT2D eigenvalue weighted by Crippen LogP contribution is -2.29. The van der Waals surface area contributed by atoms with Crippen LogP contribution in [0.25, 0.3) is 0 Å². The van der Waals surface area contributed by atoms with E-state index in [1.165, 1.54) is 14.1 Å². The molecule has 2 rings (SSSR count). The van der Waals surface area contributed by atoms with Crippen LogP contribution < -0.4 is 0 Å². The molecule has 0 radical (unpaired) electrons. The molecule has 8 heteroatoms. The second-order valence-corrected chi connectivity index (χ2v) is 6.62. The molecular formula is C13H15N3O4S. The third-order valence-electron chi connectivity index (χ3n) is 2.91. The first-order valence-corrected chi connectivity index (χ1v) is 7.51. The number of benzene rings is 1. The van der Waals surface area contributed by atoms with Crippen molar-refractivity contribution in [1.29, 1.82) is 0 Å². The molecule has 0 bridgehead atoms. The third-order valence-corrected chi connectivity index (χ3v) is 4.50. The predicted octanol–water partition coefficient (Wildman–Crippen LogP) is 0.827. The minimum absolute atomic E-state index is 0.121. The molecule has 0 spiro atoms. The van der Waals surface area contributed by atoms with Gasteiger partial charge in [0.1, 0.15) is 5.56 Å². The maximum Gasteiger partial charge on any atom is 0.339 e. The van der Waals surface area contributed by atoms with Crippen LogP contribution in [-0.2, 0) is 16.6 Å². The summed E-state index contributed by atoms with van der Waals surface area (Å²) in [5, 5.41) is 13.1. The van der Waals surface area contributed by atoms with Crippen molar-refractivity contribution in [3.63, 3.8) is 0 Å². The number of carbonyl (C=O) groups is 1. The van der Waals surface area contributed by atoms with Gasteiger partial charge in [0.05, 0.1) is 11.9 Å². The molecule has 2 aromatic rings. The molecule has 0 saturated heterocycles. The molecule has 0 atom stereocenters. The van der Waals surface area contributed by atoms with E-state index >= 15 is 0 Å². The molecule has 0 aliphatic heterocycles. The Balaban J connectivity index is 2.46. The van der Waals surface area contributed by atoms with Crippen molar-refractivity contribution >= 4 is 16.2 Å². The summed E-state index contributed by atoms with van der Waals surface area (Å²) in [5.41, 5.74) is 0.941. The summed E-state index contributed by atoms with van der Waals surface area (Å²) >= 11 is 0. The van der Waals surface area contributed by atoms with Gasteiger partial charge >= 0.3 is 16.2 Å². The molecule has 112 valence electrons. The second kappa shape index (κ2) is 5.66. The number of nitrogens with zero attached hydrogens (tertiary/aromatic N) is 3. The Labute approximate surface area is 122 Å². The molecule has 0 saturated carbocycles. The maximum absolute atomic E-state index is 12.0. The van der Waals surface area contributed by atoms with Crippen molar-refractivity contribution in [2.24, 2.45) is 0 Å². The predicted molar refractivity (Wildman–Crippen MR) is 76.4 cm³/mol. The number of rotatable bonds is 5. The number of hydrogen-bond acceptors (Lipinski definition) is 4. The summed E-state index contributed by atoms with van der Waals surface area (Å²) in [5.74, 6) is -1.21. The zero-order valence-electron chi connectivity index (χ0n) is 11.6. The van der Waals surface area contributed by atoms with E-state index in [2.05, 4.69) is 5.10 Å². The average Bonchev–Trinajstić information content (AvgIpc) is 2.84. The lowest BCUT2D eigenvalue weighted by atomic mass is 10.1. The summed E-state index contributed by atoms with van der Waals surface area (Å²) < 4.78 is 25.7. The van der Waals surface area contributed by atoms with Gasteiger partial charge in [0.15, 0.2) is 0 Å². The number of hydrogen-bond donors (Lipinski definition) is 1. The SMILES string of the molecule is CN(C)S(=O)(=O)n1cc(C(=O)O)c(Cc2ccccc2)n1. The molecule has 21 heavy (non-hydrogen) atoms. The number of aromatic nitrogens is 2. The summed E-state index contributed by atoms with van der Waals surface area (Å²) in [6.45, 7) is 0. The van der Waals surface area contributed by atoms with Crippen LogP contribution in [0, 0.1) is 0 Å². The zero-order chi connectivity index (χ0) is 15.6. The van der Waals surface area contributed by atoms with Crippen LogP contribution in [0.1, 0.15) is 21.6 Å². The van der Waals surface area contributed by atoms with Crippen molar-refractivity contribution in [2.45, 2.75) is 6.42 Å². The van der Waals surface area contributed by atoms with Crippen molar-refractivity contribution in [1.82, 2.24) is 13.5 Å². The average molecular weight is 309 g/mol. The van der Waals surface area contributed by atoms with Crippen LogP contribution >= 0.6 is 0 Å². The van der Waals surface area contributed by atoms with Gasteiger partial charge in [-0.2, -0.15) is 21.9 Å². The minimum Gasteiger partial charge on any atom is -0.478 e. The molecule has 0 aliphatic carbocycles. The van der Waals surface area contributed by atoms with Crippen LogP contribution in [-0.4, -0.2) is 47.1 Å². The van der Waals surface area contributed by atoms with Crippen molar-refractivity contribution in [3.8, 4) is 0 Å². The zero-order valence-corrected chi connectivity index (χ0v) is 12.4. The van der Waals surface area contributed by atoms with Crippen LogP contribution in [0.2, 0.25) is 0 Å². The first-order chi connectivity index (χ1) is 9.82. The van der Waals surface area contributed by atoms with Crippen molar-refractivity contribution in [3.05, 3.63) is 53.3 Å². The Hall–Kier alpha value is -2.19. The number of aromatic carboxylic acids is 1. The summed E-state index contributed by atoms with van der Waals surface area (Å²) in [4.78, 5) is 11.3. The molecule has 7 nitrogen and oxygen atoms in total. The Morgan fingerprint density at radius 1 is 1.29 bits per heavy atom. The van der Waals surface area contributed by atoms with E-state index in [0.29, 0.717) is 4.09 Å². The normalized spacial score (nSPS) is 11.8. The lowest BCUT2D eigenvalue weighted by molar-refractivity contribution is 0.0696. The smallest absolute Gasteiger partial charge is 0.339 e. The van der Waals surface area contributed by atoms with E-state index in [1.54, 1.807) is 0 Å². The molecule has 0 aliphatic rings. The van der Waals surface area contributed by atoms with Crippen molar-refractivity contribution in [2.75, 3.05) is 14.1 Å². The van der Waals surface area contributed by atoms with Crippen LogP contribution in [0.5, 0.6) is 0 Å². The Morgan fingerprint density at radius 3 is 2.43 bits per heavy atom.